The molecule has 1 fully saturated rings. The van der Waals surface area contributed by atoms with E-state index in [1.807, 2.05) is 42.5 Å². The number of carbonyl (C=O) groups excluding carboxylic acids is 5. The fraction of sp³-hybridized carbons (Fsp3) is 0.368. The van der Waals surface area contributed by atoms with Gasteiger partial charge in [-0.3, -0.25) is 24.0 Å². The number of ether oxygens (including phenoxy) is 2. The molecule has 16 heteroatoms. The highest BCUT2D eigenvalue weighted by atomic mass is 16.5. The minimum Gasteiger partial charge on any atom is -0.492 e. The third-order valence-corrected chi connectivity index (χ3v) is 9.42. The van der Waals surface area contributed by atoms with Crippen LogP contribution in [0.1, 0.15) is 48.2 Å². The minimum atomic E-state index is -1.43. The van der Waals surface area contributed by atoms with E-state index in [2.05, 4.69) is 36.8 Å². The third-order valence-electron chi connectivity index (χ3n) is 9.42. The van der Waals surface area contributed by atoms with Gasteiger partial charge in [0.25, 0.3) is 11.8 Å². The van der Waals surface area contributed by atoms with E-state index in [1.54, 1.807) is 52.9 Å². The summed E-state index contributed by atoms with van der Waals surface area (Å²) in [5, 5.41) is 22.2. The molecule has 282 valence electrons. The highest BCUT2D eigenvalue weighted by Gasteiger charge is 2.46. The highest BCUT2D eigenvalue weighted by molar-refractivity contribution is 5.96. The van der Waals surface area contributed by atoms with E-state index in [-0.39, 0.29) is 51.4 Å². The topological polar surface area (TPSA) is 199 Å². The number of hydrogen-bond donors (Lipinski definition) is 4. The molecule has 0 aliphatic carbocycles. The van der Waals surface area contributed by atoms with E-state index in [0.29, 0.717) is 23.6 Å². The zero-order valence-corrected chi connectivity index (χ0v) is 30.1. The Labute approximate surface area is 312 Å². The van der Waals surface area contributed by atoms with Crippen LogP contribution in [0.15, 0.2) is 85.2 Å². The molecule has 16 nitrogen and oxygen atoms in total. The van der Waals surface area contributed by atoms with Crippen LogP contribution in [-0.2, 0) is 32.1 Å². The van der Waals surface area contributed by atoms with Crippen LogP contribution in [0, 0.1) is 0 Å². The van der Waals surface area contributed by atoms with Gasteiger partial charge < -0.3 is 35.6 Å². The van der Waals surface area contributed by atoms with Crippen LogP contribution in [-0.4, -0.2) is 105 Å². The van der Waals surface area contributed by atoms with Crippen molar-refractivity contribution in [3.8, 4) is 11.5 Å². The lowest BCUT2D eigenvalue weighted by Crippen LogP contribution is -2.61. The van der Waals surface area contributed by atoms with Crippen LogP contribution in [0.3, 0.4) is 0 Å². The Morgan fingerprint density at radius 2 is 1.48 bits per heavy atom. The molecule has 0 unspecified atom stereocenters. The fourth-order valence-electron chi connectivity index (χ4n) is 6.28. The molecule has 1 saturated heterocycles. The number of tetrazole rings is 1. The minimum absolute atomic E-state index is 0.144. The van der Waals surface area contributed by atoms with Crippen LogP contribution in [0.2, 0.25) is 0 Å². The van der Waals surface area contributed by atoms with Crippen molar-refractivity contribution >= 4 is 29.5 Å². The molecule has 3 atom stereocenters. The Kier molecular flexibility index (Phi) is 11.8. The van der Waals surface area contributed by atoms with Gasteiger partial charge >= 0.3 is 0 Å². The third kappa shape index (κ3) is 9.36. The molecule has 0 radical (unpaired) electrons. The lowest BCUT2D eigenvalue weighted by Gasteiger charge is -2.41. The molecule has 1 aromatic heterocycles. The van der Waals surface area contributed by atoms with Gasteiger partial charge in [-0.15, -0.1) is 5.10 Å². The number of piperidine rings is 1. The van der Waals surface area contributed by atoms with E-state index >= 15 is 0 Å². The number of aromatic nitrogens is 4. The number of nitrogens with one attached hydrogen (secondary N) is 4. The van der Waals surface area contributed by atoms with Crippen molar-refractivity contribution in [2.75, 3.05) is 26.2 Å². The second kappa shape index (κ2) is 17.0. The van der Waals surface area contributed by atoms with Crippen LogP contribution < -0.4 is 30.7 Å². The Bertz CT molecular complexity index is 1910. The molecule has 5 amide bonds. The summed E-state index contributed by atoms with van der Waals surface area (Å²) in [7, 11) is 0. The highest BCUT2D eigenvalue weighted by Crippen LogP contribution is 2.31. The first-order valence-corrected chi connectivity index (χ1v) is 17.8. The van der Waals surface area contributed by atoms with Crippen molar-refractivity contribution < 1.29 is 33.4 Å². The Morgan fingerprint density at radius 1 is 0.796 bits per heavy atom. The van der Waals surface area contributed by atoms with Crippen molar-refractivity contribution in [1.82, 2.24) is 46.4 Å². The maximum absolute atomic E-state index is 14.2. The van der Waals surface area contributed by atoms with E-state index < -0.39 is 47.4 Å². The SMILES string of the molecule is C[C@@H]1NC(=O)[C@H](Cc2ccccc2)NC(=O)[C@H](C)NC(=O)C2(CCN(C(=O)c3ccc(Cn4cnnn4)cc3)CC2)Oc2ccc(cc2)OCCNC1=O. The maximum Gasteiger partial charge on any atom is 0.264 e. The van der Waals surface area contributed by atoms with Crippen molar-refractivity contribution in [3.63, 3.8) is 0 Å². The normalized spacial score (nSPS) is 21.1. The quantitative estimate of drug-likeness (QED) is 0.215. The standard InChI is InChI=1S/C38H43N9O7/c1-25-33(48)39-18-21-53-30-12-14-31(15-13-30)54-38(37(52)42-26(2)34(49)43-32(35(50)41-25)22-27-6-4-3-5-7-27)16-19-46(20-17-38)36(51)29-10-8-28(9-11-29)23-47-24-40-44-45-47/h3-15,24-26,32H,16-23H2,1-2H3,(H,39,48)(H,41,50)(H,42,52)(H,43,49)/t25-,26-,32-/m0/s1. The number of fused-ring (bicyclic) bond motifs is 15. The smallest absolute Gasteiger partial charge is 0.264 e. The zero-order valence-electron chi connectivity index (χ0n) is 30.1. The van der Waals surface area contributed by atoms with Crippen molar-refractivity contribution in [3.05, 3.63) is 102 Å². The molecule has 4 aromatic rings. The molecule has 3 aromatic carbocycles. The predicted molar refractivity (Wildman–Crippen MR) is 194 cm³/mol. The molecule has 54 heavy (non-hydrogen) atoms. The summed E-state index contributed by atoms with van der Waals surface area (Å²) in [6.45, 7) is 4.30. The largest absolute Gasteiger partial charge is 0.492 e. The number of benzene rings is 3. The molecule has 4 heterocycles. The fourth-order valence-corrected chi connectivity index (χ4v) is 6.28. The second-order valence-corrected chi connectivity index (χ2v) is 13.4. The Hall–Kier alpha value is -6.32. The molecular formula is C38H43N9O7. The lowest BCUT2D eigenvalue weighted by molar-refractivity contribution is -0.143. The summed E-state index contributed by atoms with van der Waals surface area (Å²) < 4.78 is 13.8. The Morgan fingerprint density at radius 3 is 2.17 bits per heavy atom. The maximum atomic E-state index is 14.2. The van der Waals surface area contributed by atoms with Crippen LogP contribution >= 0.6 is 0 Å². The molecule has 3 aliphatic rings. The van der Waals surface area contributed by atoms with Gasteiger partial charge in [0.05, 0.1) is 13.1 Å². The average Bonchev–Trinajstić information content (AvgIpc) is 3.70. The number of nitrogens with zero attached hydrogens (tertiary/aromatic N) is 5. The summed E-state index contributed by atoms with van der Waals surface area (Å²) >= 11 is 0. The first-order valence-electron chi connectivity index (χ1n) is 17.8. The summed E-state index contributed by atoms with van der Waals surface area (Å²) in [6, 6.07) is 20.1. The van der Waals surface area contributed by atoms with Crippen molar-refractivity contribution in [2.45, 2.75) is 63.4 Å². The molecular weight excluding hydrogens is 694 g/mol. The monoisotopic (exact) mass is 737 g/mol. The first-order chi connectivity index (χ1) is 26.1. The van der Waals surface area contributed by atoms with Gasteiger partial charge in [-0.25, -0.2) is 4.68 Å². The van der Waals surface area contributed by atoms with Crippen molar-refractivity contribution in [1.29, 1.82) is 0 Å². The number of likely N-dealkylation sites (tertiary alicyclic amines) is 1. The van der Waals surface area contributed by atoms with Gasteiger partial charge in [0.2, 0.25) is 17.7 Å². The van der Waals surface area contributed by atoms with E-state index in [1.165, 1.54) is 13.3 Å². The Balaban J connectivity index is 1.19. The van der Waals surface area contributed by atoms with Gasteiger partial charge in [0, 0.05) is 37.9 Å². The molecule has 2 bridgehead atoms. The lowest BCUT2D eigenvalue weighted by atomic mass is 9.89. The molecule has 0 saturated carbocycles. The number of rotatable bonds is 5. The van der Waals surface area contributed by atoms with Crippen LogP contribution in [0.4, 0.5) is 0 Å². The summed E-state index contributed by atoms with van der Waals surface area (Å²) in [6.07, 6.45) is 1.95. The molecule has 3 aliphatic heterocycles. The summed E-state index contributed by atoms with van der Waals surface area (Å²) in [5.74, 6) is -1.38. The van der Waals surface area contributed by atoms with Crippen molar-refractivity contribution in [2.24, 2.45) is 0 Å². The number of amides is 5. The zero-order chi connectivity index (χ0) is 38.1. The van der Waals surface area contributed by atoms with Gasteiger partial charge in [-0.2, -0.15) is 0 Å². The molecule has 4 N–H and O–H groups in total. The van der Waals surface area contributed by atoms with Gasteiger partial charge in [-0.05, 0) is 71.8 Å². The van der Waals surface area contributed by atoms with E-state index in [9.17, 15) is 24.0 Å². The van der Waals surface area contributed by atoms with E-state index in [0.717, 1.165) is 11.1 Å². The van der Waals surface area contributed by atoms with Crippen LogP contribution in [0.25, 0.3) is 0 Å². The van der Waals surface area contributed by atoms with Gasteiger partial charge in [-0.1, -0.05) is 42.5 Å². The predicted octanol–water partition coefficient (Wildman–Crippen LogP) is 1.02. The first kappa shape index (κ1) is 37.4. The average molecular weight is 738 g/mol. The van der Waals surface area contributed by atoms with Gasteiger partial charge in [0.15, 0.2) is 5.60 Å². The number of hydrogen-bond acceptors (Lipinski definition) is 10. The number of carbonyl (C=O) groups is 5. The van der Waals surface area contributed by atoms with Crippen LogP contribution in [0.5, 0.6) is 11.5 Å². The van der Waals surface area contributed by atoms with Gasteiger partial charge in [0.1, 0.15) is 42.6 Å². The molecule has 1 spiro atoms. The van der Waals surface area contributed by atoms with E-state index in [4.69, 9.17) is 9.47 Å². The molecule has 7 rings (SSSR count). The summed E-state index contributed by atoms with van der Waals surface area (Å²) in [4.78, 5) is 69.2. The summed E-state index contributed by atoms with van der Waals surface area (Å²) in [5.41, 5.74) is 0.785. The second-order valence-electron chi connectivity index (χ2n) is 13.4.